The van der Waals surface area contributed by atoms with Gasteiger partial charge in [-0.15, -0.1) is 5.10 Å². The molecule has 3 aliphatic rings. The van der Waals surface area contributed by atoms with Crippen molar-refractivity contribution in [2.45, 2.75) is 38.1 Å². The fraction of sp³-hybridized carbons (Fsp3) is 0.714. The third kappa shape index (κ3) is 2.43. The molecule has 3 fully saturated rings. The first kappa shape index (κ1) is 13.2. The van der Waals surface area contributed by atoms with Crippen molar-refractivity contribution in [1.82, 2.24) is 19.8 Å². The molecule has 1 N–H and O–H groups in total. The Balaban J connectivity index is 1.31. The molecule has 2 aliphatic carbocycles. The number of nitrogens with zero attached hydrogens (tertiary/aromatic N) is 3. The van der Waals surface area contributed by atoms with Crippen LogP contribution in [0.1, 0.15) is 42.6 Å². The molecule has 2 heterocycles. The van der Waals surface area contributed by atoms with Gasteiger partial charge in [0, 0.05) is 30.4 Å². The Kier molecular flexibility index (Phi) is 2.99. The van der Waals surface area contributed by atoms with Gasteiger partial charge in [0.1, 0.15) is 0 Å². The third-order valence-corrected chi connectivity index (χ3v) is 5.46. The van der Waals surface area contributed by atoms with Crippen molar-refractivity contribution < 1.29 is 9.59 Å². The number of hydrogen-bond donors (Lipinski definition) is 1. The fourth-order valence-corrected chi connectivity index (χ4v) is 4.04. The molecule has 112 valence electrons. The van der Waals surface area contributed by atoms with E-state index in [1.165, 1.54) is 11.5 Å². The van der Waals surface area contributed by atoms with E-state index in [1.54, 1.807) is 5.38 Å². The number of carbonyl (C=O) groups is 2. The minimum absolute atomic E-state index is 0.00825. The van der Waals surface area contributed by atoms with Crippen LogP contribution < -0.4 is 5.32 Å². The lowest BCUT2D eigenvalue weighted by atomic mass is 9.65. The summed E-state index contributed by atoms with van der Waals surface area (Å²) in [5.74, 6) is 0.501. The number of carbonyl (C=O) groups excluding carboxylic acids is 2. The van der Waals surface area contributed by atoms with Crippen LogP contribution in [-0.2, 0) is 4.79 Å². The largest absolute Gasteiger partial charge is 0.353 e. The fourth-order valence-electron chi connectivity index (χ4n) is 3.61. The summed E-state index contributed by atoms with van der Waals surface area (Å²) in [5.41, 5.74) is 0.676. The van der Waals surface area contributed by atoms with Gasteiger partial charge in [-0.05, 0) is 49.1 Å². The first-order chi connectivity index (χ1) is 10.2. The van der Waals surface area contributed by atoms with Crippen LogP contribution in [0.4, 0.5) is 0 Å². The van der Waals surface area contributed by atoms with E-state index in [1.807, 2.05) is 4.90 Å². The van der Waals surface area contributed by atoms with Crippen LogP contribution in [0.2, 0.25) is 0 Å². The molecule has 0 unspecified atom stereocenters. The molecule has 1 spiro atoms. The Morgan fingerprint density at radius 2 is 2.19 bits per heavy atom. The quantitative estimate of drug-likeness (QED) is 0.906. The van der Waals surface area contributed by atoms with Gasteiger partial charge >= 0.3 is 0 Å². The molecule has 1 aromatic rings. The van der Waals surface area contributed by atoms with E-state index in [0.29, 0.717) is 11.7 Å². The predicted octanol–water partition coefficient (Wildman–Crippen LogP) is 1.06. The zero-order chi connectivity index (χ0) is 14.4. The van der Waals surface area contributed by atoms with Gasteiger partial charge in [0.2, 0.25) is 5.91 Å². The van der Waals surface area contributed by atoms with Gasteiger partial charge in [0.25, 0.3) is 5.91 Å². The lowest BCUT2D eigenvalue weighted by molar-refractivity contribution is -0.124. The number of amides is 2. The zero-order valence-corrected chi connectivity index (χ0v) is 12.6. The molecule has 1 aromatic heterocycles. The second-order valence-electron chi connectivity index (χ2n) is 6.65. The van der Waals surface area contributed by atoms with Gasteiger partial charge in [0.15, 0.2) is 5.69 Å². The van der Waals surface area contributed by atoms with Crippen molar-refractivity contribution in [2.75, 3.05) is 13.1 Å². The summed E-state index contributed by atoms with van der Waals surface area (Å²) in [4.78, 5) is 25.9. The van der Waals surface area contributed by atoms with Crippen LogP contribution in [0.3, 0.4) is 0 Å². The minimum Gasteiger partial charge on any atom is -0.353 e. The van der Waals surface area contributed by atoms with Crippen molar-refractivity contribution in [2.24, 2.45) is 11.3 Å². The van der Waals surface area contributed by atoms with Crippen molar-refractivity contribution in [3.05, 3.63) is 11.1 Å². The van der Waals surface area contributed by atoms with E-state index in [2.05, 4.69) is 14.9 Å². The van der Waals surface area contributed by atoms with E-state index in [9.17, 15) is 9.59 Å². The van der Waals surface area contributed by atoms with Crippen molar-refractivity contribution in [3.8, 4) is 0 Å². The van der Waals surface area contributed by atoms with Gasteiger partial charge in [0.05, 0.1) is 0 Å². The standard InChI is InChI=1S/C14H18N4O2S/c19-12(9-1-2-9)15-10-5-14(6-10)3-4-18(8-14)13(20)11-7-21-17-16-11/h7,9-10H,1-6,8H2,(H,15,19). The van der Waals surface area contributed by atoms with Crippen LogP contribution in [0.15, 0.2) is 5.38 Å². The summed E-state index contributed by atoms with van der Waals surface area (Å²) in [6.07, 6.45) is 5.14. The van der Waals surface area contributed by atoms with Crippen LogP contribution in [0.25, 0.3) is 0 Å². The first-order valence-electron chi connectivity index (χ1n) is 7.52. The number of rotatable bonds is 3. The average molecular weight is 306 g/mol. The molecular weight excluding hydrogens is 288 g/mol. The summed E-state index contributed by atoms with van der Waals surface area (Å²) in [7, 11) is 0. The first-order valence-corrected chi connectivity index (χ1v) is 8.36. The molecule has 0 aromatic carbocycles. The predicted molar refractivity (Wildman–Crippen MR) is 76.8 cm³/mol. The lowest BCUT2D eigenvalue weighted by Gasteiger charge is -2.45. The molecule has 2 saturated carbocycles. The van der Waals surface area contributed by atoms with E-state index >= 15 is 0 Å². The summed E-state index contributed by atoms with van der Waals surface area (Å²) >= 11 is 1.21. The molecule has 21 heavy (non-hydrogen) atoms. The molecule has 0 radical (unpaired) electrons. The topological polar surface area (TPSA) is 75.2 Å². The van der Waals surface area contributed by atoms with E-state index < -0.39 is 0 Å². The number of aromatic nitrogens is 2. The van der Waals surface area contributed by atoms with Crippen LogP contribution in [0, 0.1) is 11.3 Å². The highest BCUT2D eigenvalue weighted by Gasteiger charge is 2.50. The highest BCUT2D eigenvalue weighted by molar-refractivity contribution is 7.03. The van der Waals surface area contributed by atoms with Gasteiger partial charge in [-0.1, -0.05) is 4.49 Å². The highest BCUT2D eigenvalue weighted by atomic mass is 32.1. The molecule has 6 nitrogen and oxygen atoms in total. The van der Waals surface area contributed by atoms with Crippen LogP contribution >= 0.6 is 11.5 Å². The molecule has 0 bridgehead atoms. The second kappa shape index (κ2) is 4.76. The Bertz CT molecular complexity index is 564. The van der Waals surface area contributed by atoms with Gasteiger partial charge in [-0.2, -0.15) is 0 Å². The maximum absolute atomic E-state index is 12.3. The van der Waals surface area contributed by atoms with E-state index in [0.717, 1.165) is 45.2 Å². The Morgan fingerprint density at radius 3 is 2.86 bits per heavy atom. The van der Waals surface area contributed by atoms with E-state index in [-0.39, 0.29) is 23.1 Å². The van der Waals surface area contributed by atoms with Gasteiger partial charge < -0.3 is 10.2 Å². The summed E-state index contributed by atoms with van der Waals surface area (Å²) in [6.45, 7) is 1.58. The lowest BCUT2D eigenvalue weighted by Crippen LogP contribution is -2.52. The van der Waals surface area contributed by atoms with E-state index in [4.69, 9.17) is 0 Å². The summed E-state index contributed by atoms with van der Waals surface area (Å²) in [6, 6.07) is 0.314. The van der Waals surface area contributed by atoms with Crippen molar-refractivity contribution >= 4 is 23.3 Å². The van der Waals surface area contributed by atoms with Crippen LogP contribution in [0.5, 0.6) is 0 Å². The average Bonchev–Trinajstić information content (AvgIpc) is 2.99. The second-order valence-corrected chi connectivity index (χ2v) is 7.26. The summed E-state index contributed by atoms with van der Waals surface area (Å²) in [5, 5.41) is 8.69. The maximum Gasteiger partial charge on any atom is 0.275 e. The highest BCUT2D eigenvalue weighted by Crippen LogP contribution is 2.48. The molecule has 1 aliphatic heterocycles. The number of likely N-dealkylation sites (tertiary alicyclic amines) is 1. The number of hydrogen-bond acceptors (Lipinski definition) is 5. The molecular formula is C14H18N4O2S. The normalized spacial score (nSPS) is 31.2. The molecule has 0 atom stereocenters. The monoisotopic (exact) mass is 306 g/mol. The smallest absolute Gasteiger partial charge is 0.275 e. The van der Waals surface area contributed by atoms with Crippen molar-refractivity contribution in [3.63, 3.8) is 0 Å². The Morgan fingerprint density at radius 1 is 1.38 bits per heavy atom. The minimum atomic E-state index is -0.00825. The summed E-state index contributed by atoms with van der Waals surface area (Å²) < 4.78 is 3.75. The molecule has 7 heteroatoms. The molecule has 4 rings (SSSR count). The number of nitrogens with one attached hydrogen (secondary N) is 1. The Hall–Kier alpha value is -1.50. The SMILES string of the molecule is O=C(NC1CC2(CCN(C(=O)c3csnn3)C2)C1)C1CC1. The molecule has 1 saturated heterocycles. The maximum atomic E-state index is 12.3. The molecule has 2 amide bonds. The zero-order valence-electron chi connectivity index (χ0n) is 11.7. The van der Waals surface area contributed by atoms with Gasteiger partial charge in [-0.25, -0.2) is 0 Å². The van der Waals surface area contributed by atoms with Crippen molar-refractivity contribution in [1.29, 1.82) is 0 Å². The Labute approximate surface area is 127 Å². The third-order valence-electron chi connectivity index (χ3n) is 4.96. The van der Waals surface area contributed by atoms with Crippen LogP contribution in [-0.4, -0.2) is 45.4 Å². The van der Waals surface area contributed by atoms with Gasteiger partial charge in [-0.3, -0.25) is 9.59 Å².